The quantitative estimate of drug-likeness (QED) is 0.719. The first-order chi connectivity index (χ1) is 10.8. The van der Waals surface area contributed by atoms with Crippen LogP contribution in [-0.2, 0) is 14.8 Å². The highest BCUT2D eigenvalue weighted by molar-refractivity contribution is 7.89. The van der Waals surface area contributed by atoms with Gasteiger partial charge in [0.1, 0.15) is 5.75 Å². The average Bonchev–Trinajstić information content (AvgIpc) is 2.47. The van der Waals surface area contributed by atoms with Gasteiger partial charge in [0.15, 0.2) is 0 Å². The van der Waals surface area contributed by atoms with Crippen molar-refractivity contribution in [3.8, 4) is 5.75 Å². The first kappa shape index (κ1) is 19.4. The molecule has 0 radical (unpaired) electrons. The third kappa shape index (κ3) is 6.19. The van der Waals surface area contributed by atoms with Gasteiger partial charge in [0.2, 0.25) is 15.9 Å². The summed E-state index contributed by atoms with van der Waals surface area (Å²) in [4.78, 5) is 12.1. The van der Waals surface area contributed by atoms with Crippen LogP contribution in [0.25, 0.3) is 0 Å². The van der Waals surface area contributed by atoms with E-state index in [1.165, 1.54) is 19.1 Å². The van der Waals surface area contributed by atoms with Gasteiger partial charge in [0.25, 0.3) is 0 Å². The fourth-order valence-electron chi connectivity index (χ4n) is 2.11. The van der Waals surface area contributed by atoms with Crippen molar-refractivity contribution in [3.05, 3.63) is 24.3 Å². The van der Waals surface area contributed by atoms with Crippen molar-refractivity contribution >= 4 is 15.9 Å². The highest BCUT2D eigenvalue weighted by atomic mass is 32.2. The SMILES string of the molecule is CCC[C@@H](C)NC(=O)[C@@H](C)NS(=O)(=O)c1ccc(OCC)cc1. The standard InChI is InChI=1S/C16H26N2O4S/c1-5-7-12(3)17-16(19)13(4)18-23(20,21)15-10-8-14(9-11-15)22-6-2/h8-13,18H,5-7H2,1-4H3,(H,17,19)/t12-,13-/m1/s1. The molecule has 0 aliphatic carbocycles. The molecule has 0 aliphatic heterocycles. The van der Waals surface area contributed by atoms with E-state index in [0.29, 0.717) is 12.4 Å². The average molecular weight is 342 g/mol. The van der Waals surface area contributed by atoms with Crippen LogP contribution in [-0.4, -0.2) is 33.0 Å². The zero-order valence-electron chi connectivity index (χ0n) is 14.1. The molecule has 0 saturated carbocycles. The van der Waals surface area contributed by atoms with Crippen molar-refractivity contribution in [2.24, 2.45) is 0 Å². The van der Waals surface area contributed by atoms with Crippen LogP contribution in [0.2, 0.25) is 0 Å². The van der Waals surface area contributed by atoms with Gasteiger partial charge in [-0.25, -0.2) is 8.42 Å². The zero-order chi connectivity index (χ0) is 17.5. The molecular weight excluding hydrogens is 316 g/mol. The van der Waals surface area contributed by atoms with Crippen molar-refractivity contribution < 1.29 is 17.9 Å². The number of carbonyl (C=O) groups is 1. The van der Waals surface area contributed by atoms with Crippen LogP contribution in [0.15, 0.2) is 29.2 Å². The van der Waals surface area contributed by atoms with E-state index >= 15 is 0 Å². The Hall–Kier alpha value is -1.60. The molecule has 6 nitrogen and oxygen atoms in total. The topological polar surface area (TPSA) is 84.5 Å². The molecule has 23 heavy (non-hydrogen) atoms. The predicted molar refractivity (Wildman–Crippen MR) is 89.9 cm³/mol. The first-order valence-electron chi connectivity index (χ1n) is 7.85. The second kappa shape index (κ2) is 8.88. The Bertz CT molecular complexity index is 599. The maximum absolute atomic E-state index is 12.3. The Morgan fingerprint density at radius 1 is 1.17 bits per heavy atom. The van der Waals surface area contributed by atoms with E-state index in [2.05, 4.69) is 10.0 Å². The fraction of sp³-hybridized carbons (Fsp3) is 0.562. The summed E-state index contributed by atoms with van der Waals surface area (Å²) in [6.07, 6.45) is 1.80. The van der Waals surface area contributed by atoms with E-state index in [1.54, 1.807) is 12.1 Å². The van der Waals surface area contributed by atoms with Gasteiger partial charge in [-0.2, -0.15) is 4.72 Å². The maximum Gasteiger partial charge on any atom is 0.241 e. The number of nitrogens with one attached hydrogen (secondary N) is 2. The third-order valence-corrected chi connectivity index (χ3v) is 4.84. The van der Waals surface area contributed by atoms with Gasteiger partial charge in [0.05, 0.1) is 17.5 Å². The Balaban J connectivity index is 2.71. The van der Waals surface area contributed by atoms with E-state index < -0.39 is 16.1 Å². The molecular formula is C16H26N2O4S. The Kier molecular flexibility index (Phi) is 7.51. The molecule has 1 aromatic rings. The number of benzene rings is 1. The fourth-order valence-corrected chi connectivity index (χ4v) is 3.31. The van der Waals surface area contributed by atoms with Gasteiger partial charge in [-0.1, -0.05) is 13.3 Å². The lowest BCUT2D eigenvalue weighted by Crippen LogP contribution is -2.47. The lowest BCUT2D eigenvalue weighted by Gasteiger charge is -2.18. The summed E-state index contributed by atoms with van der Waals surface area (Å²) in [5, 5.41) is 2.79. The number of rotatable bonds is 9. The van der Waals surface area contributed by atoms with Gasteiger partial charge in [-0.05, 0) is 51.5 Å². The number of amides is 1. The second-order valence-corrected chi connectivity index (χ2v) is 7.16. The molecule has 130 valence electrons. The lowest BCUT2D eigenvalue weighted by molar-refractivity contribution is -0.123. The van der Waals surface area contributed by atoms with Crippen LogP contribution in [0, 0.1) is 0 Å². The molecule has 0 spiro atoms. The number of hydrogen-bond acceptors (Lipinski definition) is 4. The van der Waals surface area contributed by atoms with E-state index in [1.807, 2.05) is 20.8 Å². The Morgan fingerprint density at radius 3 is 2.30 bits per heavy atom. The van der Waals surface area contributed by atoms with Crippen LogP contribution >= 0.6 is 0 Å². The first-order valence-corrected chi connectivity index (χ1v) is 9.34. The van der Waals surface area contributed by atoms with Crippen molar-refractivity contribution in [3.63, 3.8) is 0 Å². The minimum Gasteiger partial charge on any atom is -0.494 e. The molecule has 7 heteroatoms. The van der Waals surface area contributed by atoms with Gasteiger partial charge in [-0.3, -0.25) is 4.79 Å². The monoisotopic (exact) mass is 342 g/mol. The third-order valence-electron chi connectivity index (χ3n) is 3.28. The minimum absolute atomic E-state index is 0.0185. The molecule has 0 heterocycles. The van der Waals surface area contributed by atoms with Gasteiger partial charge < -0.3 is 10.1 Å². The number of ether oxygens (including phenoxy) is 1. The molecule has 0 aliphatic rings. The van der Waals surface area contributed by atoms with E-state index in [4.69, 9.17) is 4.74 Å². The molecule has 0 unspecified atom stereocenters. The lowest BCUT2D eigenvalue weighted by atomic mass is 10.2. The Labute approximate surface area is 138 Å². The van der Waals surface area contributed by atoms with Crippen molar-refractivity contribution in [1.82, 2.24) is 10.0 Å². The van der Waals surface area contributed by atoms with E-state index in [-0.39, 0.29) is 16.8 Å². The zero-order valence-corrected chi connectivity index (χ0v) is 14.9. The van der Waals surface area contributed by atoms with Crippen LogP contribution in [0.4, 0.5) is 0 Å². The minimum atomic E-state index is -3.75. The predicted octanol–water partition coefficient (Wildman–Crippen LogP) is 2.06. The molecule has 1 aromatic carbocycles. The largest absolute Gasteiger partial charge is 0.494 e. The molecule has 0 fully saturated rings. The van der Waals surface area contributed by atoms with Crippen molar-refractivity contribution in [2.45, 2.75) is 57.5 Å². The number of sulfonamides is 1. The second-order valence-electron chi connectivity index (χ2n) is 5.45. The molecule has 1 rings (SSSR count). The van der Waals surface area contributed by atoms with Gasteiger partial charge in [0, 0.05) is 6.04 Å². The Morgan fingerprint density at radius 2 is 1.78 bits per heavy atom. The number of hydrogen-bond donors (Lipinski definition) is 2. The van der Waals surface area contributed by atoms with Crippen LogP contribution < -0.4 is 14.8 Å². The van der Waals surface area contributed by atoms with E-state index in [9.17, 15) is 13.2 Å². The normalized spacial score (nSPS) is 14.1. The number of carbonyl (C=O) groups excluding carboxylic acids is 1. The van der Waals surface area contributed by atoms with Crippen molar-refractivity contribution in [1.29, 1.82) is 0 Å². The van der Waals surface area contributed by atoms with Gasteiger partial charge in [-0.15, -0.1) is 0 Å². The highest BCUT2D eigenvalue weighted by Gasteiger charge is 2.22. The smallest absolute Gasteiger partial charge is 0.241 e. The summed E-state index contributed by atoms with van der Waals surface area (Å²) >= 11 is 0. The van der Waals surface area contributed by atoms with Crippen molar-refractivity contribution in [2.75, 3.05) is 6.61 Å². The summed E-state index contributed by atoms with van der Waals surface area (Å²) in [7, 11) is -3.75. The van der Waals surface area contributed by atoms with E-state index in [0.717, 1.165) is 12.8 Å². The maximum atomic E-state index is 12.3. The van der Waals surface area contributed by atoms with Crippen LogP contribution in [0.1, 0.15) is 40.5 Å². The highest BCUT2D eigenvalue weighted by Crippen LogP contribution is 2.16. The molecule has 0 saturated heterocycles. The van der Waals surface area contributed by atoms with Gasteiger partial charge >= 0.3 is 0 Å². The van der Waals surface area contributed by atoms with Crippen LogP contribution in [0.5, 0.6) is 5.75 Å². The summed E-state index contributed by atoms with van der Waals surface area (Å²) in [5.41, 5.74) is 0. The molecule has 0 bridgehead atoms. The molecule has 2 N–H and O–H groups in total. The summed E-state index contributed by atoms with van der Waals surface area (Å²) in [5.74, 6) is 0.270. The summed E-state index contributed by atoms with van der Waals surface area (Å²) in [6, 6.07) is 5.27. The molecule has 1 amide bonds. The molecule has 2 atom stereocenters. The summed E-state index contributed by atoms with van der Waals surface area (Å²) in [6.45, 7) is 7.82. The van der Waals surface area contributed by atoms with Crippen LogP contribution in [0.3, 0.4) is 0 Å². The summed E-state index contributed by atoms with van der Waals surface area (Å²) < 4.78 is 32.3. The molecule has 0 aromatic heterocycles.